The molecule has 0 radical (unpaired) electrons. The number of hydrogen-bond acceptors (Lipinski definition) is 4. The number of carbonyl (C=O) groups excluding carboxylic acids is 1. The smallest absolute Gasteiger partial charge is 0.152 e. The third-order valence-corrected chi connectivity index (χ3v) is 3.86. The monoisotopic (exact) mass is 337 g/mol. The standard InChI is InChI=1S/C21H27N3O/c1-15(2)21(25)20(22-16(3)4)14-17-10-12-19(13-11-17)24-23-18-8-6-5-7-9-18/h5-13,15-16,20,22H,14H2,1-4H3. The Morgan fingerprint density at radius 3 is 1.96 bits per heavy atom. The predicted molar refractivity (Wildman–Crippen MR) is 103 cm³/mol. The Kier molecular flexibility index (Phi) is 7.02. The lowest BCUT2D eigenvalue weighted by Crippen LogP contribution is -2.44. The largest absolute Gasteiger partial charge is 0.305 e. The second-order valence-electron chi connectivity index (χ2n) is 6.84. The lowest BCUT2D eigenvalue weighted by Gasteiger charge is -2.22. The fraction of sp³-hybridized carbons (Fsp3) is 0.381. The fourth-order valence-corrected chi connectivity index (χ4v) is 2.59. The van der Waals surface area contributed by atoms with E-state index in [1.54, 1.807) is 0 Å². The number of azo groups is 1. The van der Waals surface area contributed by atoms with E-state index in [4.69, 9.17) is 0 Å². The normalized spacial score (nSPS) is 12.9. The number of hydrogen-bond donors (Lipinski definition) is 1. The van der Waals surface area contributed by atoms with E-state index in [0.29, 0.717) is 6.42 Å². The van der Waals surface area contributed by atoms with E-state index in [1.807, 2.05) is 68.4 Å². The van der Waals surface area contributed by atoms with Gasteiger partial charge >= 0.3 is 0 Å². The quantitative estimate of drug-likeness (QED) is 0.670. The van der Waals surface area contributed by atoms with Crippen LogP contribution in [0.1, 0.15) is 33.3 Å². The third kappa shape index (κ3) is 6.24. The molecule has 0 fully saturated rings. The van der Waals surface area contributed by atoms with Gasteiger partial charge in [0.15, 0.2) is 5.78 Å². The summed E-state index contributed by atoms with van der Waals surface area (Å²) < 4.78 is 0. The summed E-state index contributed by atoms with van der Waals surface area (Å²) >= 11 is 0. The molecule has 2 rings (SSSR count). The second-order valence-corrected chi connectivity index (χ2v) is 6.84. The summed E-state index contributed by atoms with van der Waals surface area (Å²) in [6, 6.07) is 17.7. The van der Waals surface area contributed by atoms with Gasteiger partial charge in [-0.15, -0.1) is 0 Å². The molecule has 0 saturated carbocycles. The van der Waals surface area contributed by atoms with Crippen LogP contribution in [-0.4, -0.2) is 17.9 Å². The van der Waals surface area contributed by atoms with Crippen molar-refractivity contribution in [2.75, 3.05) is 0 Å². The van der Waals surface area contributed by atoms with Crippen molar-refractivity contribution >= 4 is 17.2 Å². The molecule has 0 bridgehead atoms. The summed E-state index contributed by atoms with van der Waals surface area (Å²) in [6.07, 6.45) is 0.686. The number of Topliss-reactive ketones (excluding diaryl/α,β-unsaturated/α-hetero) is 1. The Labute approximate surface area is 150 Å². The van der Waals surface area contributed by atoms with Crippen molar-refractivity contribution in [3.05, 3.63) is 60.2 Å². The highest BCUT2D eigenvalue weighted by Crippen LogP contribution is 2.19. The minimum absolute atomic E-state index is 0.0233. The molecule has 4 nitrogen and oxygen atoms in total. The van der Waals surface area contributed by atoms with Crippen LogP contribution in [0.5, 0.6) is 0 Å². The summed E-state index contributed by atoms with van der Waals surface area (Å²) in [4.78, 5) is 12.4. The molecule has 0 aliphatic carbocycles. The first-order valence-electron chi connectivity index (χ1n) is 8.81. The lowest BCUT2D eigenvalue weighted by atomic mass is 9.95. The van der Waals surface area contributed by atoms with Crippen LogP contribution in [0.4, 0.5) is 11.4 Å². The van der Waals surface area contributed by atoms with Gasteiger partial charge in [-0.25, -0.2) is 0 Å². The molecule has 0 spiro atoms. The lowest BCUT2D eigenvalue weighted by molar-refractivity contribution is -0.124. The maximum Gasteiger partial charge on any atom is 0.152 e. The van der Waals surface area contributed by atoms with Crippen LogP contribution in [-0.2, 0) is 11.2 Å². The number of rotatable bonds is 8. The van der Waals surface area contributed by atoms with Crippen LogP contribution in [0.2, 0.25) is 0 Å². The van der Waals surface area contributed by atoms with Crippen LogP contribution in [0.15, 0.2) is 64.8 Å². The van der Waals surface area contributed by atoms with Crippen LogP contribution in [0.3, 0.4) is 0 Å². The molecule has 1 N–H and O–H groups in total. The molecule has 0 amide bonds. The highest BCUT2D eigenvalue weighted by Gasteiger charge is 2.21. The molecule has 0 aromatic heterocycles. The van der Waals surface area contributed by atoms with Gasteiger partial charge in [0.1, 0.15) is 0 Å². The zero-order chi connectivity index (χ0) is 18.2. The van der Waals surface area contributed by atoms with Gasteiger partial charge in [-0.05, 0) is 36.2 Å². The molecule has 0 heterocycles. The molecule has 4 heteroatoms. The first-order chi connectivity index (χ1) is 12.0. The van der Waals surface area contributed by atoms with E-state index in [0.717, 1.165) is 16.9 Å². The molecular formula is C21H27N3O. The van der Waals surface area contributed by atoms with Crippen molar-refractivity contribution in [1.29, 1.82) is 0 Å². The van der Waals surface area contributed by atoms with E-state index in [9.17, 15) is 4.79 Å². The molecule has 0 aliphatic rings. The Hall–Kier alpha value is -2.33. The SMILES string of the molecule is CC(C)NC(Cc1ccc(N=Nc2ccccc2)cc1)C(=O)C(C)C. The van der Waals surface area contributed by atoms with E-state index in [1.165, 1.54) is 0 Å². The Morgan fingerprint density at radius 1 is 0.880 bits per heavy atom. The molecule has 1 unspecified atom stereocenters. The fourth-order valence-electron chi connectivity index (χ4n) is 2.59. The molecule has 25 heavy (non-hydrogen) atoms. The predicted octanol–water partition coefficient (Wildman–Crippen LogP) is 5.24. The van der Waals surface area contributed by atoms with Crippen molar-refractivity contribution in [1.82, 2.24) is 5.32 Å². The average Bonchev–Trinajstić information content (AvgIpc) is 2.60. The molecule has 1 atom stereocenters. The zero-order valence-corrected chi connectivity index (χ0v) is 15.4. The van der Waals surface area contributed by atoms with Crippen LogP contribution in [0.25, 0.3) is 0 Å². The van der Waals surface area contributed by atoms with Crippen molar-refractivity contribution < 1.29 is 4.79 Å². The number of ketones is 1. The third-order valence-electron chi connectivity index (χ3n) is 3.86. The van der Waals surface area contributed by atoms with Crippen molar-refractivity contribution in [2.24, 2.45) is 16.1 Å². The van der Waals surface area contributed by atoms with Gasteiger partial charge in [0.25, 0.3) is 0 Å². The summed E-state index contributed by atoms with van der Waals surface area (Å²) in [5, 5.41) is 11.8. The van der Waals surface area contributed by atoms with Gasteiger partial charge in [0.2, 0.25) is 0 Å². The number of nitrogens with zero attached hydrogens (tertiary/aromatic N) is 2. The van der Waals surface area contributed by atoms with E-state index < -0.39 is 0 Å². The molecular weight excluding hydrogens is 310 g/mol. The molecule has 2 aromatic rings. The van der Waals surface area contributed by atoms with Crippen molar-refractivity contribution in [2.45, 2.75) is 46.2 Å². The van der Waals surface area contributed by atoms with E-state index in [2.05, 4.69) is 29.4 Å². The highest BCUT2D eigenvalue weighted by atomic mass is 16.1. The molecule has 0 saturated heterocycles. The second kappa shape index (κ2) is 9.23. The van der Waals surface area contributed by atoms with Crippen LogP contribution >= 0.6 is 0 Å². The van der Waals surface area contributed by atoms with Gasteiger partial charge in [0, 0.05) is 12.0 Å². The maximum absolute atomic E-state index is 12.4. The molecule has 132 valence electrons. The Bertz CT molecular complexity index is 691. The maximum atomic E-state index is 12.4. The van der Waals surface area contributed by atoms with E-state index >= 15 is 0 Å². The highest BCUT2D eigenvalue weighted by molar-refractivity contribution is 5.86. The summed E-state index contributed by atoms with van der Waals surface area (Å²) in [5.74, 6) is 0.275. The van der Waals surface area contributed by atoms with Gasteiger partial charge in [-0.1, -0.05) is 58.0 Å². The minimum Gasteiger partial charge on any atom is -0.305 e. The molecule has 2 aromatic carbocycles. The topological polar surface area (TPSA) is 53.8 Å². The summed E-state index contributed by atoms with van der Waals surface area (Å²) in [5.41, 5.74) is 2.75. The van der Waals surface area contributed by atoms with E-state index in [-0.39, 0.29) is 23.8 Å². The molecule has 0 aliphatic heterocycles. The number of nitrogens with one attached hydrogen (secondary N) is 1. The first kappa shape index (κ1) is 19.0. The number of benzene rings is 2. The van der Waals surface area contributed by atoms with Gasteiger partial charge in [0.05, 0.1) is 17.4 Å². The van der Waals surface area contributed by atoms with Gasteiger partial charge in [-0.3, -0.25) is 4.79 Å². The van der Waals surface area contributed by atoms with Crippen molar-refractivity contribution in [3.8, 4) is 0 Å². The van der Waals surface area contributed by atoms with Gasteiger partial charge < -0.3 is 5.32 Å². The zero-order valence-electron chi connectivity index (χ0n) is 15.4. The number of carbonyl (C=O) groups is 1. The Morgan fingerprint density at radius 2 is 1.44 bits per heavy atom. The van der Waals surface area contributed by atoms with Crippen LogP contribution < -0.4 is 5.32 Å². The minimum atomic E-state index is -0.156. The summed E-state index contributed by atoms with van der Waals surface area (Å²) in [7, 11) is 0. The Balaban J connectivity index is 2.05. The summed E-state index contributed by atoms with van der Waals surface area (Å²) in [6.45, 7) is 8.02. The van der Waals surface area contributed by atoms with Crippen LogP contribution in [0, 0.1) is 5.92 Å². The average molecular weight is 337 g/mol. The van der Waals surface area contributed by atoms with Gasteiger partial charge in [-0.2, -0.15) is 10.2 Å². The first-order valence-corrected chi connectivity index (χ1v) is 8.81. The van der Waals surface area contributed by atoms with Crippen molar-refractivity contribution in [3.63, 3.8) is 0 Å².